The maximum atomic E-state index is 13.7. The highest BCUT2D eigenvalue weighted by molar-refractivity contribution is 6.06. The van der Waals surface area contributed by atoms with Crippen LogP contribution < -0.4 is 14.8 Å². The summed E-state index contributed by atoms with van der Waals surface area (Å²) in [5.74, 6) is 0.336. The van der Waals surface area contributed by atoms with Gasteiger partial charge in [-0.3, -0.25) is 4.79 Å². The molecule has 0 saturated carbocycles. The van der Waals surface area contributed by atoms with E-state index in [1.165, 1.54) is 26.4 Å². The number of carbonyl (C=O) groups is 1. The normalized spacial score (nSPS) is 10.6. The van der Waals surface area contributed by atoms with Crippen LogP contribution in [0.5, 0.6) is 11.5 Å². The fraction of sp³-hybridized carbons (Fsp3) is 0.118. The van der Waals surface area contributed by atoms with E-state index in [0.29, 0.717) is 28.1 Å². The number of ether oxygens (including phenoxy) is 2. The van der Waals surface area contributed by atoms with E-state index in [-0.39, 0.29) is 17.4 Å². The van der Waals surface area contributed by atoms with Crippen LogP contribution in [0.3, 0.4) is 0 Å². The third-order valence-electron chi connectivity index (χ3n) is 3.50. The number of halogens is 1. The molecule has 0 spiro atoms. The highest BCUT2D eigenvalue weighted by Gasteiger charge is 2.13. The van der Waals surface area contributed by atoms with Gasteiger partial charge in [0.05, 0.1) is 14.2 Å². The van der Waals surface area contributed by atoms with Crippen molar-refractivity contribution in [1.82, 2.24) is 4.98 Å². The molecule has 0 fully saturated rings. The van der Waals surface area contributed by atoms with Crippen LogP contribution in [-0.4, -0.2) is 25.1 Å². The molecule has 118 valence electrons. The predicted molar refractivity (Wildman–Crippen MR) is 85.8 cm³/mol. The van der Waals surface area contributed by atoms with Gasteiger partial charge in [-0.15, -0.1) is 0 Å². The quantitative estimate of drug-likeness (QED) is 0.774. The molecule has 1 aromatic heterocycles. The van der Waals surface area contributed by atoms with Crippen molar-refractivity contribution < 1.29 is 18.7 Å². The molecule has 3 rings (SSSR count). The molecule has 0 bridgehead atoms. The average Bonchev–Trinajstić information content (AvgIpc) is 3.00. The fourth-order valence-corrected chi connectivity index (χ4v) is 2.35. The van der Waals surface area contributed by atoms with Crippen LogP contribution in [0.25, 0.3) is 10.9 Å². The van der Waals surface area contributed by atoms with Crippen LogP contribution in [0, 0.1) is 5.82 Å². The Morgan fingerprint density at radius 1 is 1.09 bits per heavy atom. The van der Waals surface area contributed by atoms with Crippen molar-refractivity contribution in [3.63, 3.8) is 0 Å². The Balaban J connectivity index is 1.87. The minimum absolute atomic E-state index is 0.278. The molecule has 0 atom stereocenters. The van der Waals surface area contributed by atoms with Gasteiger partial charge in [-0.05, 0) is 30.3 Å². The van der Waals surface area contributed by atoms with Crippen LogP contribution in [0.1, 0.15) is 10.5 Å². The van der Waals surface area contributed by atoms with Gasteiger partial charge in [0.1, 0.15) is 11.5 Å². The lowest BCUT2D eigenvalue weighted by atomic mass is 10.2. The van der Waals surface area contributed by atoms with E-state index in [2.05, 4.69) is 10.3 Å². The van der Waals surface area contributed by atoms with Crippen molar-refractivity contribution in [1.29, 1.82) is 0 Å². The number of hydrogen-bond donors (Lipinski definition) is 2. The van der Waals surface area contributed by atoms with Gasteiger partial charge in [-0.1, -0.05) is 6.07 Å². The second-order valence-corrected chi connectivity index (χ2v) is 4.91. The number of nitrogens with one attached hydrogen (secondary N) is 2. The van der Waals surface area contributed by atoms with Crippen LogP contribution in [0.15, 0.2) is 42.5 Å². The molecule has 2 aromatic carbocycles. The lowest BCUT2D eigenvalue weighted by molar-refractivity contribution is 0.102. The second kappa shape index (κ2) is 6.00. The van der Waals surface area contributed by atoms with Crippen molar-refractivity contribution >= 4 is 22.5 Å². The minimum Gasteiger partial charge on any atom is -0.493 e. The number of anilines is 1. The summed E-state index contributed by atoms with van der Waals surface area (Å²) in [5.41, 5.74) is 1.40. The van der Waals surface area contributed by atoms with Crippen molar-refractivity contribution in [3.8, 4) is 11.5 Å². The van der Waals surface area contributed by atoms with Gasteiger partial charge in [0.15, 0.2) is 11.5 Å². The van der Waals surface area contributed by atoms with Gasteiger partial charge in [-0.2, -0.15) is 0 Å². The average molecular weight is 314 g/mol. The first-order valence-electron chi connectivity index (χ1n) is 6.93. The minimum atomic E-state index is -0.371. The molecule has 3 aromatic rings. The molecule has 1 amide bonds. The van der Waals surface area contributed by atoms with Crippen molar-refractivity contribution in [2.75, 3.05) is 19.5 Å². The first-order chi connectivity index (χ1) is 11.1. The zero-order chi connectivity index (χ0) is 16.4. The first kappa shape index (κ1) is 14.9. The Bertz CT molecular complexity index is 873. The van der Waals surface area contributed by atoms with Gasteiger partial charge >= 0.3 is 0 Å². The Morgan fingerprint density at radius 2 is 1.87 bits per heavy atom. The maximum Gasteiger partial charge on any atom is 0.272 e. The molecule has 0 aliphatic carbocycles. The number of hydrogen-bond acceptors (Lipinski definition) is 3. The number of benzene rings is 2. The number of H-pyrrole nitrogens is 1. The number of aromatic nitrogens is 1. The molecule has 0 radical (unpaired) electrons. The molecular weight excluding hydrogens is 299 g/mol. The summed E-state index contributed by atoms with van der Waals surface area (Å²) in [7, 11) is 3.05. The molecule has 0 aliphatic heterocycles. The van der Waals surface area contributed by atoms with Gasteiger partial charge in [0.2, 0.25) is 0 Å². The number of rotatable bonds is 4. The Hall–Kier alpha value is -3.02. The summed E-state index contributed by atoms with van der Waals surface area (Å²) in [6.07, 6.45) is 0. The van der Waals surface area contributed by atoms with E-state index in [9.17, 15) is 9.18 Å². The molecule has 5 nitrogen and oxygen atoms in total. The Morgan fingerprint density at radius 3 is 2.57 bits per heavy atom. The Labute approximate surface area is 132 Å². The SMILES string of the molecule is COc1ccc(NC(=O)c2cc3c(F)cccc3[nH]2)cc1OC. The standard InChI is InChI=1S/C17H15FN2O3/c1-22-15-7-6-10(8-16(15)23-2)19-17(21)14-9-11-12(18)4-3-5-13(11)20-14/h3-9,20H,1-2H3,(H,19,21). The lowest BCUT2D eigenvalue weighted by Gasteiger charge is -2.10. The van der Waals surface area contributed by atoms with E-state index in [0.717, 1.165) is 0 Å². The predicted octanol–water partition coefficient (Wildman–Crippen LogP) is 3.58. The number of aromatic amines is 1. The summed E-state index contributed by atoms with van der Waals surface area (Å²) in [4.78, 5) is 15.2. The zero-order valence-electron chi connectivity index (χ0n) is 12.6. The topological polar surface area (TPSA) is 63.3 Å². The van der Waals surface area contributed by atoms with Crippen molar-refractivity contribution in [2.24, 2.45) is 0 Å². The zero-order valence-corrected chi connectivity index (χ0v) is 12.6. The largest absolute Gasteiger partial charge is 0.493 e. The molecule has 0 aliphatic rings. The van der Waals surface area contributed by atoms with E-state index in [1.54, 1.807) is 30.3 Å². The third-order valence-corrected chi connectivity index (χ3v) is 3.50. The van der Waals surface area contributed by atoms with Crippen LogP contribution in [-0.2, 0) is 0 Å². The number of fused-ring (bicyclic) bond motifs is 1. The van der Waals surface area contributed by atoms with Gasteiger partial charge in [0, 0.05) is 22.7 Å². The fourth-order valence-electron chi connectivity index (χ4n) is 2.35. The highest BCUT2D eigenvalue weighted by Crippen LogP contribution is 2.30. The van der Waals surface area contributed by atoms with Crippen LogP contribution in [0.2, 0.25) is 0 Å². The second-order valence-electron chi connectivity index (χ2n) is 4.91. The van der Waals surface area contributed by atoms with E-state index in [1.807, 2.05) is 0 Å². The van der Waals surface area contributed by atoms with Gasteiger partial charge < -0.3 is 19.8 Å². The summed E-state index contributed by atoms with van der Waals surface area (Å²) in [6.45, 7) is 0. The summed E-state index contributed by atoms with van der Waals surface area (Å²) in [5, 5.41) is 3.12. The summed E-state index contributed by atoms with van der Waals surface area (Å²) < 4.78 is 24.0. The summed E-state index contributed by atoms with van der Waals surface area (Å²) in [6, 6.07) is 11.2. The van der Waals surface area contributed by atoms with Crippen molar-refractivity contribution in [3.05, 3.63) is 54.0 Å². The van der Waals surface area contributed by atoms with E-state index >= 15 is 0 Å². The van der Waals surface area contributed by atoms with Gasteiger partial charge in [0.25, 0.3) is 5.91 Å². The molecule has 6 heteroatoms. The van der Waals surface area contributed by atoms with Crippen LogP contribution >= 0.6 is 0 Å². The molecular formula is C17H15FN2O3. The van der Waals surface area contributed by atoms with Crippen LogP contribution in [0.4, 0.5) is 10.1 Å². The maximum absolute atomic E-state index is 13.7. The molecule has 23 heavy (non-hydrogen) atoms. The molecule has 0 unspecified atom stereocenters. The first-order valence-corrected chi connectivity index (χ1v) is 6.93. The van der Waals surface area contributed by atoms with E-state index in [4.69, 9.17) is 9.47 Å². The van der Waals surface area contributed by atoms with Gasteiger partial charge in [-0.25, -0.2) is 4.39 Å². The number of amides is 1. The highest BCUT2D eigenvalue weighted by atomic mass is 19.1. The molecule has 0 saturated heterocycles. The van der Waals surface area contributed by atoms with Crippen molar-refractivity contribution in [2.45, 2.75) is 0 Å². The third kappa shape index (κ3) is 2.83. The smallest absolute Gasteiger partial charge is 0.272 e. The monoisotopic (exact) mass is 314 g/mol. The van der Waals surface area contributed by atoms with E-state index < -0.39 is 0 Å². The summed E-state index contributed by atoms with van der Waals surface area (Å²) >= 11 is 0. The number of carbonyl (C=O) groups excluding carboxylic acids is 1. The molecule has 1 heterocycles. The lowest BCUT2D eigenvalue weighted by Crippen LogP contribution is -2.12. The number of methoxy groups -OCH3 is 2. The molecule has 2 N–H and O–H groups in total. The Kier molecular flexibility index (Phi) is 3.89.